The third-order valence-corrected chi connectivity index (χ3v) is 4.17. The minimum absolute atomic E-state index is 0.0571. The van der Waals surface area contributed by atoms with Gasteiger partial charge in [-0.25, -0.2) is 0 Å². The number of benzene rings is 1. The zero-order chi connectivity index (χ0) is 16.1. The summed E-state index contributed by atoms with van der Waals surface area (Å²) in [6, 6.07) is 8.75. The molecular formula is C18H13NO4. The summed E-state index contributed by atoms with van der Waals surface area (Å²) in [7, 11) is 2.93. The van der Waals surface area contributed by atoms with Gasteiger partial charge in [0.05, 0.1) is 19.9 Å². The number of aromatic nitrogens is 1. The monoisotopic (exact) mass is 307 g/mol. The van der Waals surface area contributed by atoms with E-state index in [9.17, 15) is 9.90 Å². The normalized spacial score (nSPS) is 11.4. The quantitative estimate of drug-likeness (QED) is 0.616. The van der Waals surface area contributed by atoms with Crippen molar-refractivity contribution in [2.24, 2.45) is 0 Å². The van der Waals surface area contributed by atoms with Gasteiger partial charge >= 0.3 is 0 Å². The fourth-order valence-corrected chi connectivity index (χ4v) is 3.16. The predicted molar refractivity (Wildman–Crippen MR) is 87.2 cm³/mol. The van der Waals surface area contributed by atoms with Gasteiger partial charge in [-0.1, -0.05) is 12.1 Å². The maximum Gasteiger partial charge on any atom is 0.228 e. The summed E-state index contributed by atoms with van der Waals surface area (Å²) in [5.41, 5.74) is 1.93. The molecule has 114 valence electrons. The Balaban J connectivity index is 2.28. The molecule has 4 rings (SSSR count). The molecule has 0 bridgehead atoms. The summed E-state index contributed by atoms with van der Waals surface area (Å²) in [5, 5.41) is 12.2. The first-order valence-corrected chi connectivity index (χ1v) is 7.08. The molecule has 0 saturated carbocycles. The zero-order valence-corrected chi connectivity index (χ0v) is 12.6. The number of ether oxygens (including phenoxy) is 2. The van der Waals surface area contributed by atoms with Crippen LogP contribution in [0.4, 0.5) is 0 Å². The van der Waals surface area contributed by atoms with E-state index < -0.39 is 0 Å². The van der Waals surface area contributed by atoms with Gasteiger partial charge in [-0.2, -0.15) is 0 Å². The van der Waals surface area contributed by atoms with Gasteiger partial charge in [-0.15, -0.1) is 0 Å². The smallest absolute Gasteiger partial charge is 0.228 e. The van der Waals surface area contributed by atoms with Crippen LogP contribution in [-0.2, 0) is 0 Å². The molecule has 1 aliphatic carbocycles. The summed E-state index contributed by atoms with van der Waals surface area (Å²) in [6.45, 7) is 0. The van der Waals surface area contributed by atoms with E-state index in [1.807, 2.05) is 12.1 Å². The van der Waals surface area contributed by atoms with E-state index in [1.165, 1.54) is 14.2 Å². The van der Waals surface area contributed by atoms with Crippen LogP contribution in [0.2, 0.25) is 0 Å². The first-order valence-electron chi connectivity index (χ1n) is 7.08. The number of fused-ring (bicyclic) bond motifs is 3. The topological polar surface area (TPSA) is 68.7 Å². The van der Waals surface area contributed by atoms with Crippen LogP contribution >= 0.6 is 0 Å². The van der Waals surface area contributed by atoms with Gasteiger partial charge in [-0.05, 0) is 23.6 Å². The molecule has 0 unspecified atom stereocenters. The highest BCUT2D eigenvalue weighted by molar-refractivity contribution is 6.16. The van der Waals surface area contributed by atoms with E-state index in [2.05, 4.69) is 4.98 Å². The van der Waals surface area contributed by atoms with E-state index in [0.717, 1.165) is 10.8 Å². The molecule has 0 amide bonds. The molecule has 0 atom stereocenters. The Morgan fingerprint density at radius 3 is 2.57 bits per heavy atom. The molecule has 1 heterocycles. The number of methoxy groups -OCH3 is 2. The Morgan fingerprint density at radius 1 is 1.04 bits per heavy atom. The van der Waals surface area contributed by atoms with Gasteiger partial charge < -0.3 is 14.6 Å². The lowest BCUT2D eigenvalue weighted by atomic mass is 10.0. The van der Waals surface area contributed by atoms with Crippen molar-refractivity contribution in [3.63, 3.8) is 0 Å². The van der Waals surface area contributed by atoms with Gasteiger partial charge in [0.1, 0.15) is 0 Å². The van der Waals surface area contributed by atoms with Crippen LogP contribution < -0.4 is 14.9 Å². The molecule has 0 fully saturated rings. The van der Waals surface area contributed by atoms with Crippen molar-refractivity contribution >= 4 is 10.8 Å². The lowest BCUT2D eigenvalue weighted by Crippen LogP contribution is -2.05. The fraction of sp³-hybridized carbons (Fsp3) is 0.111. The maximum atomic E-state index is 12.8. The van der Waals surface area contributed by atoms with Crippen molar-refractivity contribution in [1.82, 2.24) is 4.98 Å². The summed E-state index contributed by atoms with van der Waals surface area (Å²) in [5.74, 6) is 0.482. The van der Waals surface area contributed by atoms with Crippen LogP contribution in [0.15, 0.2) is 41.3 Å². The van der Waals surface area contributed by atoms with Gasteiger partial charge in [0, 0.05) is 28.3 Å². The number of phenols is 1. The summed E-state index contributed by atoms with van der Waals surface area (Å²) < 4.78 is 10.4. The number of rotatable bonds is 2. The summed E-state index contributed by atoms with van der Waals surface area (Å²) in [6.07, 6.45) is 1.68. The van der Waals surface area contributed by atoms with Gasteiger partial charge in [0.15, 0.2) is 17.2 Å². The summed E-state index contributed by atoms with van der Waals surface area (Å²) >= 11 is 0. The third kappa shape index (κ3) is 1.67. The Hall–Kier alpha value is -3.08. The molecule has 0 spiro atoms. The molecule has 5 nitrogen and oxygen atoms in total. The second-order valence-electron chi connectivity index (χ2n) is 5.27. The van der Waals surface area contributed by atoms with E-state index in [0.29, 0.717) is 28.1 Å². The van der Waals surface area contributed by atoms with Crippen LogP contribution in [0.5, 0.6) is 17.2 Å². The fourth-order valence-electron chi connectivity index (χ4n) is 3.16. The minimum atomic E-state index is -0.282. The van der Waals surface area contributed by atoms with Gasteiger partial charge in [-0.3, -0.25) is 9.78 Å². The van der Waals surface area contributed by atoms with Crippen molar-refractivity contribution < 1.29 is 14.6 Å². The average molecular weight is 307 g/mol. The minimum Gasteiger partial charge on any atom is -0.504 e. The first-order chi connectivity index (χ1) is 11.2. The highest BCUT2D eigenvalue weighted by atomic mass is 16.5. The van der Waals surface area contributed by atoms with Crippen LogP contribution in [0.3, 0.4) is 0 Å². The predicted octanol–water partition coefficient (Wildman–Crippen LogP) is 2.97. The summed E-state index contributed by atoms with van der Waals surface area (Å²) in [4.78, 5) is 17.3. The number of aromatic hydroxyl groups is 1. The van der Waals surface area contributed by atoms with Gasteiger partial charge in [0.25, 0.3) is 0 Å². The lowest BCUT2D eigenvalue weighted by molar-refractivity contribution is 0.375. The largest absolute Gasteiger partial charge is 0.504 e. The Labute approximate surface area is 131 Å². The van der Waals surface area contributed by atoms with E-state index in [4.69, 9.17) is 9.47 Å². The van der Waals surface area contributed by atoms with Crippen molar-refractivity contribution in [1.29, 1.82) is 0 Å². The second-order valence-corrected chi connectivity index (χ2v) is 5.27. The Kier molecular flexibility index (Phi) is 2.78. The van der Waals surface area contributed by atoms with E-state index >= 15 is 0 Å². The molecule has 23 heavy (non-hydrogen) atoms. The van der Waals surface area contributed by atoms with Crippen LogP contribution in [0.25, 0.3) is 33.2 Å². The molecular weight excluding hydrogens is 294 g/mol. The molecule has 1 aromatic heterocycles. The molecule has 2 aromatic carbocycles. The van der Waals surface area contributed by atoms with Crippen LogP contribution in [0, 0.1) is 0 Å². The molecule has 3 aromatic rings. The zero-order valence-electron chi connectivity index (χ0n) is 12.6. The number of pyridine rings is 1. The number of hydrogen-bond donors (Lipinski definition) is 1. The molecule has 1 N–H and O–H groups in total. The van der Waals surface area contributed by atoms with E-state index in [-0.39, 0.29) is 16.9 Å². The third-order valence-electron chi connectivity index (χ3n) is 4.17. The number of phenolic OH excluding ortho intramolecular Hbond substituents is 1. The Morgan fingerprint density at radius 2 is 1.83 bits per heavy atom. The highest BCUT2D eigenvalue weighted by Gasteiger charge is 2.30. The van der Waals surface area contributed by atoms with Gasteiger partial charge in [0.2, 0.25) is 5.43 Å². The van der Waals surface area contributed by atoms with Crippen molar-refractivity contribution in [3.8, 4) is 39.6 Å². The molecule has 5 heteroatoms. The first kappa shape index (κ1) is 13.6. The molecule has 0 saturated heterocycles. The van der Waals surface area contributed by atoms with Crippen LogP contribution in [0.1, 0.15) is 0 Å². The maximum absolute atomic E-state index is 12.8. The second kappa shape index (κ2) is 4.71. The SMILES string of the molecule is COc1cc2ccnc3c2c(c1O)-c1c-3cccc(OC)c1=O. The number of hydrogen-bond acceptors (Lipinski definition) is 5. The van der Waals surface area contributed by atoms with Crippen LogP contribution in [-0.4, -0.2) is 24.3 Å². The lowest BCUT2D eigenvalue weighted by Gasteiger charge is -2.09. The van der Waals surface area contributed by atoms with Crippen molar-refractivity contribution in [3.05, 3.63) is 46.8 Å². The highest BCUT2D eigenvalue weighted by Crippen LogP contribution is 2.51. The van der Waals surface area contributed by atoms with E-state index in [1.54, 1.807) is 24.4 Å². The Bertz CT molecular complexity index is 1030. The van der Waals surface area contributed by atoms with Crippen molar-refractivity contribution in [2.45, 2.75) is 0 Å². The molecule has 1 aliphatic rings. The number of nitrogens with zero attached hydrogens (tertiary/aromatic N) is 1. The standard InChI is InChI=1S/C18H13NO4/c1-22-11-5-3-4-10-14(17(11)20)15-13-9(6-7-19-16(10)13)8-12(23-2)18(15)21/h3-8,21H,1-2H3. The van der Waals surface area contributed by atoms with Crippen molar-refractivity contribution in [2.75, 3.05) is 14.2 Å². The average Bonchev–Trinajstić information content (AvgIpc) is 2.81. The molecule has 0 aliphatic heterocycles. The molecule has 0 radical (unpaired) electrons.